The first-order valence-electron chi connectivity index (χ1n) is 6.62. The van der Waals surface area contributed by atoms with Gasteiger partial charge in [0.05, 0.1) is 19.2 Å². The van der Waals surface area contributed by atoms with E-state index in [1.165, 1.54) is 12.0 Å². The second-order valence-electron chi connectivity index (χ2n) is 4.89. The maximum absolute atomic E-state index is 12.7. The maximum Gasteiger partial charge on any atom is 0.415 e. The molecule has 1 amide bonds. The molecule has 2 rings (SSSR count). The molecule has 0 N–H and O–H groups in total. The standard InChI is InChI=1S/C13H16F3N3O3/c1-21-10(13(14,15)16)6-12(20)19-4-3-9-8(7-19)5-11(22-2)18-17-9/h5,10H,3-4,6-7H2,1-2H3. The summed E-state index contributed by atoms with van der Waals surface area (Å²) in [6.07, 6.45) is -6.94. The second kappa shape index (κ2) is 6.47. The summed E-state index contributed by atoms with van der Waals surface area (Å²) in [4.78, 5) is 13.4. The van der Waals surface area contributed by atoms with Crippen molar-refractivity contribution < 1.29 is 27.4 Å². The molecule has 122 valence electrons. The highest BCUT2D eigenvalue weighted by Gasteiger charge is 2.42. The third kappa shape index (κ3) is 3.65. The van der Waals surface area contributed by atoms with E-state index in [9.17, 15) is 18.0 Å². The Morgan fingerprint density at radius 1 is 1.41 bits per heavy atom. The lowest BCUT2D eigenvalue weighted by molar-refractivity contribution is -0.215. The van der Waals surface area contributed by atoms with Crippen LogP contribution in [0.5, 0.6) is 5.88 Å². The number of amides is 1. The first-order chi connectivity index (χ1) is 10.3. The number of methoxy groups -OCH3 is 2. The van der Waals surface area contributed by atoms with E-state index in [1.807, 2.05) is 0 Å². The molecule has 1 aliphatic rings. The van der Waals surface area contributed by atoms with Gasteiger partial charge in [-0.05, 0) is 0 Å². The van der Waals surface area contributed by atoms with Gasteiger partial charge in [0.2, 0.25) is 11.8 Å². The van der Waals surface area contributed by atoms with E-state index in [0.717, 1.165) is 18.4 Å². The minimum atomic E-state index is -4.56. The summed E-state index contributed by atoms with van der Waals surface area (Å²) in [5.41, 5.74) is 1.45. The average Bonchev–Trinajstić information content (AvgIpc) is 2.49. The Balaban J connectivity index is 2.06. The predicted molar refractivity (Wildman–Crippen MR) is 69.2 cm³/mol. The Bertz CT molecular complexity index is 551. The number of hydrogen-bond acceptors (Lipinski definition) is 5. The molecule has 0 saturated heterocycles. The van der Waals surface area contributed by atoms with Gasteiger partial charge in [0.1, 0.15) is 0 Å². The largest absolute Gasteiger partial charge is 0.480 e. The molecule has 2 heterocycles. The van der Waals surface area contributed by atoms with Gasteiger partial charge in [-0.2, -0.15) is 18.3 Å². The molecule has 0 aromatic carbocycles. The fourth-order valence-electron chi connectivity index (χ4n) is 2.24. The van der Waals surface area contributed by atoms with Gasteiger partial charge in [-0.3, -0.25) is 4.79 Å². The highest BCUT2D eigenvalue weighted by molar-refractivity contribution is 5.77. The Morgan fingerprint density at radius 3 is 2.73 bits per heavy atom. The molecule has 22 heavy (non-hydrogen) atoms. The van der Waals surface area contributed by atoms with Crippen LogP contribution in [0.15, 0.2) is 6.07 Å². The van der Waals surface area contributed by atoms with Crippen molar-refractivity contribution in [3.05, 3.63) is 17.3 Å². The lowest BCUT2D eigenvalue weighted by atomic mass is 10.1. The van der Waals surface area contributed by atoms with Gasteiger partial charge in [-0.1, -0.05) is 0 Å². The van der Waals surface area contributed by atoms with Crippen LogP contribution in [0.1, 0.15) is 17.7 Å². The number of aromatic nitrogens is 2. The number of carbonyl (C=O) groups excluding carboxylic acids is 1. The highest BCUT2D eigenvalue weighted by Crippen LogP contribution is 2.27. The van der Waals surface area contributed by atoms with Crippen LogP contribution in [0.4, 0.5) is 13.2 Å². The van der Waals surface area contributed by atoms with E-state index in [0.29, 0.717) is 18.8 Å². The summed E-state index contributed by atoms with van der Waals surface area (Å²) in [5.74, 6) is -0.302. The Labute approximate surface area is 125 Å². The SMILES string of the molecule is COc1cc2c(nn1)CCN(C(=O)CC(OC)C(F)(F)F)C2. The summed E-state index contributed by atoms with van der Waals surface area (Å²) < 4.78 is 47.3. The fourth-order valence-corrected chi connectivity index (χ4v) is 2.24. The Hall–Kier alpha value is -1.90. The molecule has 1 aromatic heterocycles. The van der Waals surface area contributed by atoms with Crippen LogP contribution in [0.2, 0.25) is 0 Å². The molecular weight excluding hydrogens is 303 g/mol. The normalized spacial score (nSPS) is 16.1. The van der Waals surface area contributed by atoms with Crippen molar-refractivity contribution in [3.63, 3.8) is 0 Å². The first kappa shape index (κ1) is 16.5. The molecule has 1 aliphatic heterocycles. The van der Waals surface area contributed by atoms with Crippen molar-refractivity contribution in [1.29, 1.82) is 0 Å². The van der Waals surface area contributed by atoms with Crippen LogP contribution >= 0.6 is 0 Å². The van der Waals surface area contributed by atoms with Crippen molar-refractivity contribution in [2.45, 2.75) is 31.7 Å². The molecule has 0 spiro atoms. The van der Waals surface area contributed by atoms with Gasteiger partial charge in [-0.25, -0.2) is 0 Å². The number of carbonyl (C=O) groups is 1. The lowest BCUT2D eigenvalue weighted by Crippen LogP contribution is -2.41. The van der Waals surface area contributed by atoms with E-state index in [2.05, 4.69) is 14.9 Å². The summed E-state index contributed by atoms with van der Waals surface area (Å²) in [5, 5.41) is 7.81. The van der Waals surface area contributed by atoms with Gasteiger partial charge in [0.15, 0.2) is 6.10 Å². The monoisotopic (exact) mass is 319 g/mol. The zero-order valence-corrected chi connectivity index (χ0v) is 12.2. The Kier molecular flexibility index (Phi) is 4.84. The number of alkyl halides is 3. The van der Waals surface area contributed by atoms with Crippen LogP contribution < -0.4 is 4.74 Å². The molecular formula is C13H16F3N3O3. The maximum atomic E-state index is 12.7. The van der Waals surface area contributed by atoms with Crippen molar-refractivity contribution in [2.75, 3.05) is 20.8 Å². The van der Waals surface area contributed by atoms with Crippen LogP contribution in [0.25, 0.3) is 0 Å². The zero-order valence-electron chi connectivity index (χ0n) is 12.2. The zero-order chi connectivity index (χ0) is 16.3. The van der Waals surface area contributed by atoms with E-state index in [-0.39, 0.29) is 6.54 Å². The quantitative estimate of drug-likeness (QED) is 0.838. The van der Waals surface area contributed by atoms with Crippen LogP contribution in [-0.4, -0.2) is 54.0 Å². The van der Waals surface area contributed by atoms with E-state index in [4.69, 9.17) is 4.74 Å². The smallest absolute Gasteiger partial charge is 0.415 e. The Morgan fingerprint density at radius 2 is 2.14 bits per heavy atom. The third-order valence-electron chi connectivity index (χ3n) is 3.49. The molecule has 1 atom stereocenters. The van der Waals surface area contributed by atoms with Crippen LogP contribution in [0.3, 0.4) is 0 Å². The lowest BCUT2D eigenvalue weighted by Gasteiger charge is -2.29. The topological polar surface area (TPSA) is 64.6 Å². The number of ether oxygens (including phenoxy) is 2. The number of halogens is 3. The molecule has 6 nitrogen and oxygen atoms in total. The van der Waals surface area contributed by atoms with Gasteiger partial charge in [0, 0.05) is 38.2 Å². The molecule has 0 saturated carbocycles. The third-order valence-corrected chi connectivity index (χ3v) is 3.49. The molecule has 9 heteroatoms. The number of nitrogens with zero attached hydrogens (tertiary/aromatic N) is 3. The first-order valence-corrected chi connectivity index (χ1v) is 6.62. The summed E-state index contributed by atoms with van der Waals surface area (Å²) in [7, 11) is 2.38. The van der Waals surface area contributed by atoms with Gasteiger partial charge in [0.25, 0.3) is 0 Å². The van der Waals surface area contributed by atoms with Crippen molar-refractivity contribution in [1.82, 2.24) is 15.1 Å². The fraction of sp³-hybridized carbons (Fsp3) is 0.615. The van der Waals surface area contributed by atoms with Gasteiger partial charge in [-0.15, -0.1) is 5.10 Å². The van der Waals surface area contributed by atoms with E-state index in [1.54, 1.807) is 6.07 Å². The van der Waals surface area contributed by atoms with Crippen LogP contribution in [-0.2, 0) is 22.5 Å². The van der Waals surface area contributed by atoms with E-state index >= 15 is 0 Å². The van der Waals surface area contributed by atoms with Gasteiger partial charge >= 0.3 is 6.18 Å². The van der Waals surface area contributed by atoms with E-state index < -0.39 is 24.6 Å². The van der Waals surface area contributed by atoms with Crippen molar-refractivity contribution in [2.24, 2.45) is 0 Å². The number of hydrogen-bond donors (Lipinski definition) is 0. The summed E-state index contributed by atoms with van der Waals surface area (Å²) in [6, 6.07) is 1.64. The molecule has 0 radical (unpaired) electrons. The summed E-state index contributed by atoms with van der Waals surface area (Å²) >= 11 is 0. The molecule has 0 fully saturated rings. The molecule has 1 aromatic rings. The minimum Gasteiger partial charge on any atom is -0.480 e. The van der Waals surface area contributed by atoms with Crippen molar-refractivity contribution in [3.8, 4) is 5.88 Å². The van der Waals surface area contributed by atoms with Crippen LogP contribution in [0, 0.1) is 0 Å². The van der Waals surface area contributed by atoms with Crippen molar-refractivity contribution >= 4 is 5.91 Å². The molecule has 0 aliphatic carbocycles. The highest BCUT2D eigenvalue weighted by atomic mass is 19.4. The average molecular weight is 319 g/mol. The predicted octanol–water partition coefficient (Wildman–Crippen LogP) is 1.34. The van der Waals surface area contributed by atoms with Gasteiger partial charge < -0.3 is 14.4 Å². The number of fused-ring (bicyclic) bond motifs is 1. The number of rotatable bonds is 4. The summed E-state index contributed by atoms with van der Waals surface area (Å²) in [6.45, 7) is 0.496. The minimum absolute atomic E-state index is 0.189. The molecule has 1 unspecified atom stereocenters. The molecule has 0 bridgehead atoms. The second-order valence-corrected chi connectivity index (χ2v) is 4.89.